The van der Waals surface area contributed by atoms with E-state index in [1.165, 1.54) is 0 Å². The van der Waals surface area contributed by atoms with Crippen molar-refractivity contribution in [2.24, 2.45) is 0 Å². The van der Waals surface area contributed by atoms with E-state index in [1.807, 2.05) is 13.8 Å². The Bertz CT molecular complexity index is 362. The Kier molecular flexibility index (Phi) is 3.37. The third-order valence-corrected chi connectivity index (χ3v) is 2.32. The minimum absolute atomic E-state index is 0.0538. The smallest absolute Gasteiger partial charge is 0.238 e. The lowest BCUT2D eigenvalue weighted by molar-refractivity contribution is -0.00277. The van der Waals surface area contributed by atoms with E-state index in [-0.39, 0.29) is 12.0 Å². The van der Waals surface area contributed by atoms with E-state index in [1.54, 1.807) is 13.8 Å². The molecule has 1 heterocycles. The molecule has 1 aromatic rings. The highest BCUT2D eigenvalue weighted by atomic mass is 19.3. The van der Waals surface area contributed by atoms with Crippen LogP contribution in [0.5, 0.6) is 0 Å². The molecule has 0 saturated heterocycles. The summed E-state index contributed by atoms with van der Waals surface area (Å²) < 4.78 is 26.5. The SMILES string of the molecule is CC.Cc1nc(C)c2c(n1)CCC2(F)F. The summed E-state index contributed by atoms with van der Waals surface area (Å²) in [5.74, 6) is -2.14. The van der Waals surface area contributed by atoms with E-state index in [4.69, 9.17) is 0 Å². The summed E-state index contributed by atoms with van der Waals surface area (Å²) in [6.07, 6.45) is 0.244. The van der Waals surface area contributed by atoms with Gasteiger partial charge in [0.05, 0.1) is 17.0 Å². The van der Waals surface area contributed by atoms with E-state index in [0.29, 0.717) is 23.6 Å². The number of aromatic nitrogens is 2. The van der Waals surface area contributed by atoms with Crippen LogP contribution in [-0.4, -0.2) is 9.97 Å². The molecule has 4 heteroatoms. The predicted molar refractivity (Wildman–Crippen MR) is 55.1 cm³/mol. The number of aryl methyl sites for hydroxylation is 3. The molecule has 0 radical (unpaired) electrons. The van der Waals surface area contributed by atoms with E-state index >= 15 is 0 Å². The van der Waals surface area contributed by atoms with Gasteiger partial charge in [-0.25, -0.2) is 18.7 Å². The summed E-state index contributed by atoms with van der Waals surface area (Å²) in [6.45, 7) is 7.34. The molecule has 1 aliphatic carbocycles. The Morgan fingerprint density at radius 2 is 1.73 bits per heavy atom. The Morgan fingerprint density at radius 1 is 1.13 bits per heavy atom. The van der Waals surface area contributed by atoms with E-state index in [0.717, 1.165) is 0 Å². The first-order chi connectivity index (χ1) is 7.00. The molecule has 0 aromatic carbocycles. The van der Waals surface area contributed by atoms with Crippen LogP contribution in [0.4, 0.5) is 8.78 Å². The fraction of sp³-hybridized carbons (Fsp3) is 0.636. The Labute approximate surface area is 88.8 Å². The van der Waals surface area contributed by atoms with Gasteiger partial charge in [-0.05, 0) is 20.3 Å². The van der Waals surface area contributed by atoms with Gasteiger partial charge >= 0.3 is 0 Å². The molecule has 0 spiro atoms. The van der Waals surface area contributed by atoms with E-state index in [9.17, 15) is 8.78 Å². The summed E-state index contributed by atoms with van der Waals surface area (Å²) in [4.78, 5) is 7.97. The first-order valence-electron chi connectivity index (χ1n) is 5.23. The molecular weight excluding hydrogens is 198 g/mol. The predicted octanol–water partition coefficient (Wildman–Crippen LogP) is 3.16. The summed E-state index contributed by atoms with van der Waals surface area (Å²) in [7, 11) is 0. The minimum Gasteiger partial charge on any atom is -0.238 e. The molecule has 15 heavy (non-hydrogen) atoms. The van der Waals surface area contributed by atoms with E-state index < -0.39 is 5.92 Å². The Balaban J connectivity index is 0.000000531. The third-order valence-electron chi connectivity index (χ3n) is 2.32. The van der Waals surface area contributed by atoms with Gasteiger partial charge < -0.3 is 0 Å². The molecule has 2 nitrogen and oxygen atoms in total. The topological polar surface area (TPSA) is 25.8 Å². The summed E-state index contributed by atoms with van der Waals surface area (Å²) in [5, 5.41) is 0. The van der Waals surface area contributed by atoms with Crippen molar-refractivity contribution < 1.29 is 8.78 Å². The second-order valence-electron chi connectivity index (χ2n) is 3.38. The second kappa shape index (κ2) is 4.21. The summed E-state index contributed by atoms with van der Waals surface area (Å²) >= 11 is 0. The standard InChI is InChI=1S/C9H10F2N2.C2H6/c1-5-8-7(13-6(2)12-5)3-4-9(8,10)11;1-2/h3-4H2,1-2H3;1-2H3. The van der Waals surface area contributed by atoms with Crippen LogP contribution in [0.3, 0.4) is 0 Å². The molecule has 2 rings (SSSR count). The fourth-order valence-corrected chi connectivity index (χ4v) is 1.84. The van der Waals surface area contributed by atoms with Crippen LogP contribution >= 0.6 is 0 Å². The lowest BCUT2D eigenvalue weighted by Crippen LogP contribution is -2.11. The zero-order chi connectivity index (χ0) is 11.6. The van der Waals surface area contributed by atoms with Gasteiger partial charge in [0.2, 0.25) is 0 Å². The zero-order valence-electron chi connectivity index (χ0n) is 9.56. The highest BCUT2D eigenvalue weighted by molar-refractivity contribution is 5.34. The van der Waals surface area contributed by atoms with Crippen LogP contribution in [0, 0.1) is 13.8 Å². The number of halogens is 2. The van der Waals surface area contributed by atoms with Gasteiger partial charge in [0.25, 0.3) is 5.92 Å². The molecule has 0 unspecified atom stereocenters. The second-order valence-corrected chi connectivity index (χ2v) is 3.38. The van der Waals surface area contributed by atoms with Crippen molar-refractivity contribution >= 4 is 0 Å². The Hall–Kier alpha value is -1.06. The Morgan fingerprint density at radius 3 is 2.33 bits per heavy atom. The monoisotopic (exact) mass is 214 g/mol. The first-order valence-corrected chi connectivity index (χ1v) is 5.23. The minimum atomic E-state index is -2.72. The number of fused-ring (bicyclic) bond motifs is 1. The fourth-order valence-electron chi connectivity index (χ4n) is 1.84. The van der Waals surface area contributed by atoms with Crippen LogP contribution in [0.2, 0.25) is 0 Å². The molecule has 0 atom stereocenters. The van der Waals surface area contributed by atoms with Crippen molar-refractivity contribution in [2.75, 3.05) is 0 Å². The largest absolute Gasteiger partial charge is 0.277 e. The van der Waals surface area contributed by atoms with Crippen molar-refractivity contribution in [2.45, 2.75) is 46.5 Å². The molecule has 0 bridgehead atoms. The van der Waals surface area contributed by atoms with Crippen LogP contribution in [0.25, 0.3) is 0 Å². The van der Waals surface area contributed by atoms with Crippen LogP contribution < -0.4 is 0 Å². The first kappa shape index (κ1) is 12.0. The lowest BCUT2D eigenvalue weighted by Gasteiger charge is -2.11. The van der Waals surface area contributed by atoms with E-state index in [2.05, 4.69) is 9.97 Å². The quantitative estimate of drug-likeness (QED) is 0.663. The van der Waals surface area contributed by atoms with Gasteiger partial charge in [-0.15, -0.1) is 0 Å². The summed E-state index contributed by atoms with van der Waals surface area (Å²) in [6, 6.07) is 0. The molecule has 0 fully saturated rings. The van der Waals surface area contributed by atoms with Crippen molar-refractivity contribution in [1.82, 2.24) is 9.97 Å². The van der Waals surface area contributed by atoms with Gasteiger partial charge in [0, 0.05) is 6.42 Å². The van der Waals surface area contributed by atoms with Gasteiger partial charge in [-0.1, -0.05) is 13.8 Å². The number of nitrogens with zero attached hydrogens (tertiary/aromatic N) is 2. The molecular formula is C11H16F2N2. The number of alkyl halides is 2. The molecule has 0 amide bonds. The molecule has 1 aliphatic rings. The lowest BCUT2D eigenvalue weighted by atomic mass is 10.1. The number of rotatable bonds is 0. The van der Waals surface area contributed by atoms with Crippen molar-refractivity contribution in [3.05, 3.63) is 22.8 Å². The summed E-state index contributed by atoms with van der Waals surface area (Å²) in [5.41, 5.74) is 0.998. The van der Waals surface area contributed by atoms with Crippen molar-refractivity contribution in [3.63, 3.8) is 0 Å². The van der Waals surface area contributed by atoms with Gasteiger partial charge in [0.15, 0.2) is 0 Å². The highest BCUT2D eigenvalue weighted by Gasteiger charge is 2.42. The maximum absolute atomic E-state index is 13.2. The van der Waals surface area contributed by atoms with Crippen LogP contribution in [0.1, 0.15) is 43.0 Å². The number of hydrogen-bond donors (Lipinski definition) is 0. The average molecular weight is 214 g/mol. The van der Waals surface area contributed by atoms with Crippen molar-refractivity contribution in [1.29, 1.82) is 0 Å². The van der Waals surface area contributed by atoms with Crippen molar-refractivity contribution in [3.8, 4) is 0 Å². The third kappa shape index (κ3) is 2.13. The van der Waals surface area contributed by atoms with Crippen LogP contribution in [0.15, 0.2) is 0 Å². The van der Waals surface area contributed by atoms with Gasteiger partial charge in [-0.3, -0.25) is 0 Å². The molecule has 84 valence electrons. The molecule has 0 aliphatic heterocycles. The molecule has 0 N–H and O–H groups in total. The zero-order valence-corrected chi connectivity index (χ0v) is 9.56. The molecule has 0 saturated carbocycles. The highest BCUT2D eigenvalue weighted by Crippen LogP contribution is 2.41. The average Bonchev–Trinajstić information content (AvgIpc) is 2.45. The molecule has 1 aromatic heterocycles. The van der Waals surface area contributed by atoms with Crippen LogP contribution in [-0.2, 0) is 12.3 Å². The maximum Gasteiger partial charge on any atom is 0.277 e. The van der Waals surface area contributed by atoms with Gasteiger partial charge in [0.1, 0.15) is 5.82 Å². The normalized spacial score (nSPS) is 16.7. The van der Waals surface area contributed by atoms with Gasteiger partial charge in [-0.2, -0.15) is 0 Å². The number of hydrogen-bond acceptors (Lipinski definition) is 2. The maximum atomic E-state index is 13.2.